The highest BCUT2D eigenvalue weighted by molar-refractivity contribution is 5.94. The zero-order valence-corrected chi connectivity index (χ0v) is 17.8. The van der Waals surface area contributed by atoms with Crippen molar-refractivity contribution in [3.05, 3.63) is 70.1 Å². The van der Waals surface area contributed by atoms with Gasteiger partial charge in [0.2, 0.25) is 0 Å². The maximum absolute atomic E-state index is 12.9. The molecule has 0 aliphatic carbocycles. The van der Waals surface area contributed by atoms with Crippen LogP contribution in [0, 0.1) is 0 Å². The minimum Gasteiger partial charge on any atom is -0.494 e. The Morgan fingerprint density at radius 3 is 2.45 bits per heavy atom. The number of carbonyl (C=O) groups is 1. The van der Waals surface area contributed by atoms with Crippen LogP contribution in [0.4, 0.5) is 0 Å². The summed E-state index contributed by atoms with van der Waals surface area (Å²) in [5.74, 6) is 0.542. The number of hydrogen-bond acceptors (Lipinski definition) is 5. The number of benzene rings is 2. The number of aromatic nitrogens is 2. The van der Waals surface area contributed by atoms with Crippen molar-refractivity contribution in [3.8, 4) is 5.75 Å². The Morgan fingerprint density at radius 2 is 1.74 bits per heavy atom. The number of fused-ring (bicyclic) bond motifs is 1. The van der Waals surface area contributed by atoms with Gasteiger partial charge in [-0.25, -0.2) is 4.68 Å². The Bertz CT molecular complexity index is 1100. The Hall–Kier alpha value is -3.19. The number of nitrogens with zero attached hydrogens (tertiary/aromatic N) is 3. The highest BCUT2D eigenvalue weighted by Crippen LogP contribution is 2.15. The molecule has 7 heteroatoms. The summed E-state index contributed by atoms with van der Waals surface area (Å²) in [6, 6.07) is 14.5. The van der Waals surface area contributed by atoms with Crippen LogP contribution in [0.25, 0.3) is 10.8 Å². The van der Waals surface area contributed by atoms with E-state index in [1.165, 1.54) is 12.8 Å². The third kappa shape index (κ3) is 4.94. The van der Waals surface area contributed by atoms with Crippen LogP contribution < -0.4 is 15.6 Å². The molecule has 0 spiro atoms. The number of rotatable bonds is 8. The predicted molar refractivity (Wildman–Crippen MR) is 120 cm³/mol. The lowest BCUT2D eigenvalue weighted by molar-refractivity contribution is 0.0950. The van der Waals surface area contributed by atoms with Gasteiger partial charge in [-0.05, 0) is 63.2 Å². The van der Waals surface area contributed by atoms with E-state index in [4.69, 9.17) is 4.74 Å². The van der Waals surface area contributed by atoms with E-state index in [0.717, 1.165) is 30.8 Å². The van der Waals surface area contributed by atoms with Crippen molar-refractivity contribution >= 4 is 16.7 Å². The van der Waals surface area contributed by atoms with E-state index in [1.54, 1.807) is 28.9 Å². The van der Waals surface area contributed by atoms with Gasteiger partial charge in [0.15, 0.2) is 0 Å². The number of carbonyl (C=O) groups excluding carboxylic acids is 1. The topological polar surface area (TPSA) is 76.5 Å². The molecule has 1 aliphatic rings. The molecule has 2 aromatic carbocycles. The lowest BCUT2D eigenvalue weighted by atomic mass is 10.1. The molecule has 3 aromatic rings. The van der Waals surface area contributed by atoms with E-state index >= 15 is 0 Å². The number of nitrogens with one attached hydrogen (secondary N) is 1. The molecule has 2 heterocycles. The van der Waals surface area contributed by atoms with Gasteiger partial charge in [0, 0.05) is 17.5 Å². The quantitative estimate of drug-likeness (QED) is 0.606. The van der Waals surface area contributed by atoms with Crippen LogP contribution in [0.15, 0.2) is 53.3 Å². The molecule has 1 amide bonds. The van der Waals surface area contributed by atoms with Crippen molar-refractivity contribution in [2.75, 3.05) is 26.2 Å². The fourth-order valence-electron chi connectivity index (χ4n) is 3.97. The SMILES string of the molecule is CCOc1ccc(C(=O)NCc2nn(CCN3CCCC3)c(=O)c3ccccc23)cc1. The third-order valence-corrected chi connectivity index (χ3v) is 5.61. The minimum atomic E-state index is -0.191. The van der Waals surface area contributed by atoms with E-state index in [-0.39, 0.29) is 18.0 Å². The van der Waals surface area contributed by atoms with Crippen molar-refractivity contribution in [3.63, 3.8) is 0 Å². The molecule has 1 aliphatic heterocycles. The van der Waals surface area contributed by atoms with Crippen molar-refractivity contribution in [1.29, 1.82) is 0 Å². The predicted octanol–water partition coefficient (Wildman–Crippen LogP) is 2.82. The van der Waals surface area contributed by atoms with Gasteiger partial charge >= 0.3 is 0 Å². The molecule has 0 saturated carbocycles. The Morgan fingerprint density at radius 1 is 1.03 bits per heavy atom. The van der Waals surface area contributed by atoms with Crippen LogP contribution in [0.2, 0.25) is 0 Å². The molecular weight excluding hydrogens is 392 g/mol. The standard InChI is InChI=1S/C24H28N4O3/c1-2-31-19-11-9-18(10-12-19)23(29)25-17-22-20-7-3-4-8-21(20)24(30)28(26-22)16-15-27-13-5-6-14-27/h3-4,7-12H,2,5-6,13-17H2,1H3,(H,25,29). The molecule has 7 nitrogen and oxygen atoms in total. The second-order valence-electron chi connectivity index (χ2n) is 7.71. The third-order valence-electron chi connectivity index (χ3n) is 5.61. The van der Waals surface area contributed by atoms with Crippen LogP contribution in [0.5, 0.6) is 5.75 Å². The first-order chi connectivity index (χ1) is 15.2. The first kappa shape index (κ1) is 21.1. The van der Waals surface area contributed by atoms with Crippen molar-refractivity contribution in [1.82, 2.24) is 20.0 Å². The average Bonchev–Trinajstić information content (AvgIpc) is 3.32. The van der Waals surface area contributed by atoms with Crippen molar-refractivity contribution < 1.29 is 9.53 Å². The lowest BCUT2D eigenvalue weighted by Crippen LogP contribution is -2.32. The summed E-state index contributed by atoms with van der Waals surface area (Å²) in [6.45, 7) is 6.25. The fourth-order valence-corrected chi connectivity index (χ4v) is 3.97. The normalized spacial score (nSPS) is 14.1. The molecule has 162 valence electrons. The van der Waals surface area contributed by atoms with Crippen LogP contribution in [-0.4, -0.2) is 46.8 Å². The second kappa shape index (κ2) is 9.75. The number of likely N-dealkylation sites (tertiary alicyclic amines) is 1. The fraction of sp³-hybridized carbons (Fsp3) is 0.375. The summed E-state index contributed by atoms with van der Waals surface area (Å²) in [6.07, 6.45) is 2.42. The van der Waals surface area contributed by atoms with Crippen molar-refractivity contribution in [2.45, 2.75) is 32.9 Å². The summed E-state index contributed by atoms with van der Waals surface area (Å²) in [4.78, 5) is 27.9. The zero-order valence-electron chi connectivity index (χ0n) is 17.8. The molecule has 0 bridgehead atoms. The summed E-state index contributed by atoms with van der Waals surface area (Å²) in [5, 5.41) is 8.95. The van der Waals surface area contributed by atoms with Gasteiger partial charge in [-0.15, -0.1) is 0 Å². The van der Waals surface area contributed by atoms with Gasteiger partial charge in [0.1, 0.15) is 5.75 Å². The molecule has 4 rings (SSSR count). The molecular formula is C24H28N4O3. The molecule has 1 saturated heterocycles. The Balaban J connectivity index is 1.52. The molecule has 0 unspecified atom stereocenters. The first-order valence-electron chi connectivity index (χ1n) is 10.9. The molecule has 31 heavy (non-hydrogen) atoms. The minimum absolute atomic E-state index is 0.0867. The van der Waals surface area contributed by atoms with Gasteiger partial charge in [-0.2, -0.15) is 5.10 Å². The van der Waals surface area contributed by atoms with Gasteiger partial charge in [0.25, 0.3) is 11.5 Å². The van der Waals surface area contributed by atoms with Crippen LogP contribution >= 0.6 is 0 Å². The molecule has 1 N–H and O–H groups in total. The van der Waals surface area contributed by atoms with E-state index in [0.29, 0.717) is 29.8 Å². The van der Waals surface area contributed by atoms with Gasteiger partial charge in [-0.3, -0.25) is 9.59 Å². The van der Waals surface area contributed by atoms with Crippen LogP contribution in [0.3, 0.4) is 0 Å². The summed E-state index contributed by atoms with van der Waals surface area (Å²) < 4.78 is 6.97. The van der Waals surface area contributed by atoms with Crippen molar-refractivity contribution in [2.24, 2.45) is 0 Å². The largest absolute Gasteiger partial charge is 0.494 e. The maximum Gasteiger partial charge on any atom is 0.274 e. The summed E-state index contributed by atoms with van der Waals surface area (Å²) >= 11 is 0. The van der Waals surface area contributed by atoms with E-state index in [9.17, 15) is 9.59 Å². The number of ether oxygens (including phenoxy) is 1. The summed E-state index contributed by atoms with van der Waals surface area (Å²) in [5.41, 5.74) is 1.16. The number of amides is 1. The highest BCUT2D eigenvalue weighted by Gasteiger charge is 2.15. The monoisotopic (exact) mass is 420 g/mol. The van der Waals surface area contributed by atoms with E-state index in [1.807, 2.05) is 31.2 Å². The molecule has 1 fully saturated rings. The molecule has 0 radical (unpaired) electrons. The van der Waals surface area contributed by atoms with Gasteiger partial charge in [-0.1, -0.05) is 18.2 Å². The highest BCUT2D eigenvalue weighted by atomic mass is 16.5. The Kier molecular flexibility index (Phi) is 6.62. The van der Waals surface area contributed by atoms with Gasteiger partial charge in [0.05, 0.1) is 30.8 Å². The lowest BCUT2D eigenvalue weighted by Gasteiger charge is -2.16. The first-order valence-corrected chi connectivity index (χ1v) is 10.9. The summed E-state index contributed by atoms with van der Waals surface area (Å²) in [7, 11) is 0. The van der Waals surface area contributed by atoms with E-state index < -0.39 is 0 Å². The second-order valence-corrected chi connectivity index (χ2v) is 7.71. The zero-order chi connectivity index (χ0) is 21.6. The molecule has 1 aromatic heterocycles. The van der Waals surface area contributed by atoms with E-state index in [2.05, 4.69) is 15.3 Å². The van der Waals surface area contributed by atoms with Gasteiger partial charge < -0.3 is 15.0 Å². The Labute approximate surface area is 181 Å². The molecule has 0 atom stereocenters. The van der Waals surface area contributed by atoms with Crippen LogP contribution in [-0.2, 0) is 13.1 Å². The average molecular weight is 421 g/mol. The van der Waals surface area contributed by atoms with Crippen LogP contribution in [0.1, 0.15) is 35.8 Å². The number of hydrogen-bond donors (Lipinski definition) is 1. The maximum atomic E-state index is 12.9. The smallest absolute Gasteiger partial charge is 0.274 e.